The molecule has 0 radical (unpaired) electrons. The number of nitrogens with zero attached hydrogens (tertiary/aromatic N) is 1. The largest absolute Gasteiger partial charge is 0.326 e. The number of rotatable bonds is 4. The predicted molar refractivity (Wildman–Crippen MR) is 87.0 cm³/mol. The molecule has 1 aliphatic heterocycles. The van der Waals surface area contributed by atoms with Gasteiger partial charge < -0.3 is 5.73 Å². The van der Waals surface area contributed by atoms with Crippen LogP contribution in [0.1, 0.15) is 51.6 Å². The molecule has 3 heteroatoms. The molecule has 1 aromatic rings. The number of benzene rings is 1. The average molecular weight is 295 g/mol. The van der Waals surface area contributed by atoms with Crippen molar-refractivity contribution in [3.8, 4) is 0 Å². The maximum Gasteiger partial charge on any atom is 0.0502 e. The molecule has 20 heavy (non-hydrogen) atoms. The molecule has 4 atom stereocenters. The van der Waals surface area contributed by atoms with Crippen molar-refractivity contribution in [2.24, 2.45) is 11.7 Å². The van der Waals surface area contributed by atoms with Gasteiger partial charge in [0, 0.05) is 17.1 Å². The molecule has 1 aliphatic rings. The lowest BCUT2D eigenvalue weighted by atomic mass is 9.87. The first-order valence-corrected chi connectivity index (χ1v) is 8.19. The Hall–Kier alpha value is -0.570. The Balaban J connectivity index is 2.32. The zero-order valence-electron chi connectivity index (χ0n) is 12.8. The predicted octanol–water partition coefficient (Wildman–Crippen LogP) is 4.24. The summed E-state index contributed by atoms with van der Waals surface area (Å²) in [5, 5.41) is 0.800. The van der Waals surface area contributed by atoms with Gasteiger partial charge in [-0.3, -0.25) is 4.90 Å². The van der Waals surface area contributed by atoms with Crippen LogP contribution < -0.4 is 5.73 Å². The van der Waals surface area contributed by atoms with Crippen molar-refractivity contribution in [1.82, 2.24) is 4.90 Å². The van der Waals surface area contributed by atoms with E-state index in [0.717, 1.165) is 23.9 Å². The van der Waals surface area contributed by atoms with Crippen molar-refractivity contribution < 1.29 is 0 Å². The molecule has 2 N–H and O–H groups in total. The monoisotopic (exact) mass is 294 g/mol. The van der Waals surface area contributed by atoms with Gasteiger partial charge in [-0.05, 0) is 56.3 Å². The Morgan fingerprint density at radius 3 is 2.80 bits per heavy atom. The molecule has 1 saturated heterocycles. The maximum absolute atomic E-state index is 6.45. The van der Waals surface area contributed by atoms with Crippen LogP contribution in [-0.2, 0) is 0 Å². The minimum Gasteiger partial charge on any atom is -0.326 e. The second-order valence-electron chi connectivity index (χ2n) is 6.17. The fraction of sp³-hybridized carbons (Fsp3) is 0.647. The van der Waals surface area contributed by atoms with E-state index in [0.29, 0.717) is 6.04 Å². The third kappa shape index (κ3) is 3.36. The highest BCUT2D eigenvalue weighted by molar-refractivity contribution is 6.30. The van der Waals surface area contributed by atoms with Crippen molar-refractivity contribution in [3.05, 3.63) is 34.9 Å². The molecule has 1 aromatic carbocycles. The molecule has 0 aromatic heterocycles. The molecule has 112 valence electrons. The third-order valence-corrected chi connectivity index (χ3v) is 5.08. The second-order valence-corrected chi connectivity index (χ2v) is 6.61. The van der Waals surface area contributed by atoms with Crippen LogP contribution in [0.2, 0.25) is 5.02 Å². The number of hydrogen-bond acceptors (Lipinski definition) is 2. The van der Waals surface area contributed by atoms with E-state index < -0.39 is 0 Å². The Kier molecular flexibility index (Phi) is 5.48. The molecule has 0 saturated carbocycles. The Morgan fingerprint density at radius 2 is 2.15 bits per heavy atom. The first-order valence-electron chi connectivity index (χ1n) is 7.81. The molecule has 0 bridgehead atoms. The van der Waals surface area contributed by atoms with Gasteiger partial charge in [0.05, 0.1) is 6.04 Å². The molecule has 1 heterocycles. The normalized spacial score (nSPS) is 27.2. The van der Waals surface area contributed by atoms with Crippen molar-refractivity contribution >= 4 is 11.6 Å². The lowest BCUT2D eigenvalue weighted by Crippen LogP contribution is -2.49. The minimum atomic E-state index is 0.154. The van der Waals surface area contributed by atoms with Gasteiger partial charge in [0.1, 0.15) is 0 Å². The smallest absolute Gasteiger partial charge is 0.0502 e. The number of nitrogens with two attached hydrogens (primary N) is 1. The summed E-state index contributed by atoms with van der Waals surface area (Å²) in [5.74, 6) is 0.731. The topological polar surface area (TPSA) is 29.3 Å². The number of halogens is 1. The summed E-state index contributed by atoms with van der Waals surface area (Å²) < 4.78 is 0. The Morgan fingerprint density at radius 1 is 1.40 bits per heavy atom. The van der Waals surface area contributed by atoms with Crippen LogP contribution in [0.4, 0.5) is 0 Å². The molecule has 2 rings (SSSR count). The van der Waals surface area contributed by atoms with Gasteiger partial charge >= 0.3 is 0 Å². The summed E-state index contributed by atoms with van der Waals surface area (Å²) in [7, 11) is 0. The van der Waals surface area contributed by atoms with Crippen molar-refractivity contribution in [2.75, 3.05) is 6.54 Å². The average Bonchev–Trinajstić information content (AvgIpc) is 2.43. The summed E-state index contributed by atoms with van der Waals surface area (Å²) in [6.45, 7) is 7.99. The lowest BCUT2D eigenvalue weighted by molar-refractivity contribution is 0.0546. The zero-order chi connectivity index (χ0) is 14.7. The van der Waals surface area contributed by atoms with Crippen LogP contribution in [-0.4, -0.2) is 23.5 Å². The quantitative estimate of drug-likeness (QED) is 0.900. The van der Waals surface area contributed by atoms with E-state index in [1.165, 1.54) is 18.4 Å². The van der Waals surface area contributed by atoms with Crippen LogP contribution in [0.15, 0.2) is 24.3 Å². The van der Waals surface area contributed by atoms with Gasteiger partial charge in [-0.15, -0.1) is 0 Å². The standard InChI is InChI=1S/C17H27ClN2/c1-4-16(19)17(14-8-5-9-15(18)11-14)20-10-6-7-12(2)13(20)3/h5,8-9,11-13,16-17H,4,6-7,10,19H2,1-3H3. The van der Waals surface area contributed by atoms with E-state index >= 15 is 0 Å². The molecule has 0 amide bonds. The summed E-state index contributed by atoms with van der Waals surface area (Å²) in [5.41, 5.74) is 7.71. The summed E-state index contributed by atoms with van der Waals surface area (Å²) in [6, 6.07) is 9.21. The van der Waals surface area contributed by atoms with Crippen LogP contribution in [0.3, 0.4) is 0 Å². The summed E-state index contributed by atoms with van der Waals surface area (Å²) >= 11 is 6.18. The molecule has 4 unspecified atom stereocenters. The van der Waals surface area contributed by atoms with Gasteiger partial charge in [-0.2, -0.15) is 0 Å². The van der Waals surface area contributed by atoms with Gasteiger partial charge in [0.25, 0.3) is 0 Å². The number of likely N-dealkylation sites (tertiary alicyclic amines) is 1. The first-order chi connectivity index (χ1) is 9.54. The first kappa shape index (κ1) is 15.8. The zero-order valence-corrected chi connectivity index (χ0v) is 13.6. The second kappa shape index (κ2) is 6.93. The Bertz CT molecular complexity index is 435. The van der Waals surface area contributed by atoms with Gasteiger partial charge in [-0.1, -0.05) is 37.6 Å². The maximum atomic E-state index is 6.45. The van der Waals surface area contributed by atoms with Crippen molar-refractivity contribution in [3.63, 3.8) is 0 Å². The lowest BCUT2D eigenvalue weighted by Gasteiger charge is -2.45. The summed E-state index contributed by atoms with van der Waals surface area (Å²) in [4.78, 5) is 2.59. The highest BCUT2D eigenvalue weighted by Crippen LogP contribution is 2.34. The van der Waals surface area contributed by atoms with Crippen molar-refractivity contribution in [1.29, 1.82) is 0 Å². The molecule has 1 fully saturated rings. The molecular weight excluding hydrogens is 268 g/mol. The van der Waals surface area contributed by atoms with Crippen molar-refractivity contribution in [2.45, 2.75) is 58.2 Å². The molecular formula is C17H27ClN2. The highest BCUT2D eigenvalue weighted by atomic mass is 35.5. The van der Waals surface area contributed by atoms with Crippen LogP contribution in [0.25, 0.3) is 0 Å². The van der Waals surface area contributed by atoms with Gasteiger partial charge in [0.2, 0.25) is 0 Å². The van der Waals surface area contributed by atoms with E-state index in [1.807, 2.05) is 12.1 Å². The Labute approximate surface area is 128 Å². The van der Waals surface area contributed by atoms with Crippen LogP contribution in [0, 0.1) is 5.92 Å². The molecule has 0 aliphatic carbocycles. The van der Waals surface area contributed by atoms with E-state index in [2.05, 4.69) is 37.8 Å². The third-order valence-electron chi connectivity index (χ3n) is 4.85. The van der Waals surface area contributed by atoms with E-state index in [-0.39, 0.29) is 12.1 Å². The van der Waals surface area contributed by atoms with Gasteiger partial charge in [-0.25, -0.2) is 0 Å². The number of hydrogen-bond donors (Lipinski definition) is 1. The highest BCUT2D eigenvalue weighted by Gasteiger charge is 2.33. The minimum absolute atomic E-state index is 0.154. The van der Waals surface area contributed by atoms with E-state index in [9.17, 15) is 0 Å². The van der Waals surface area contributed by atoms with E-state index in [4.69, 9.17) is 17.3 Å². The fourth-order valence-corrected chi connectivity index (χ4v) is 3.56. The fourth-order valence-electron chi connectivity index (χ4n) is 3.36. The number of piperidine rings is 1. The summed E-state index contributed by atoms with van der Waals surface area (Å²) in [6.07, 6.45) is 3.56. The SMILES string of the molecule is CCC(N)C(c1cccc(Cl)c1)N1CCCC(C)C1C. The van der Waals surface area contributed by atoms with Gasteiger partial charge in [0.15, 0.2) is 0 Å². The van der Waals surface area contributed by atoms with E-state index in [1.54, 1.807) is 0 Å². The molecule has 2 nitrogen and oxygen atoms in total. The van der Waals surface area contributed by atoms with Crippen LogP contribution in [0.5, 0.6) is 0 Å². The molecule has 0 spiro atoms. The van der Waals surface area contributed by atoms with Crippen LogP contribution >= 0.6 is 11.6 Å².